The highest BCUT2D eigenvalue weighted by molar-refractivity contribution is 5.12. The fourth-order valence-electron chi connectivity index (χ4n) is 3.09. The lowest BCUT2D eigenvalue weighted by Crippen LogP contribution is -2.45. The van der Waals surface area contributed by atoms with Crippen LogP contribution in [0.3, 0.4) is 0 Å². The Morgan fingerprint density at radius 3 is 1.92 bits per heavy atom. The van der Waals surface area contributed by atoms with E-state index in [0.717, 1.165) is 0 Å². The first-order valence-corrected chi connectivity index (χ1v) is 5.41. The molecule has 2 saturated carbocycles. The Bertz CT molecular complexity index is 164. The van der Waals surface area contributed by atoms with Crippen LogP contribution in [0.25, 0.3) is 0 Å². The molecule has 2 aliphatic carbocycles. The summed E-state index contributed by atoms with van der Waals surface area (Å²) in [4.78, 5) is 0. The second-order valence-corrected chi connectivity index (χ2v) is 4.95. The summed E-state index contributed by atoms with van der Waals surface area (Å²) in [5.41, 5.74) is 1.17. The van der Waals surface area contributed by atoms with E-state index in [0.29, 0.717) is 11.0 Å². The number of hydrogen-bond donors (Lipinski definition) is 1. The van der Waals surface area contributed by atoms with Gasteiger partial charge in [-0.05, 0) is 38.1 Å². The first kappa shape index (κ1) is 8.55. The number of nitrogens with one attached hydrogen (secondary N) is 1. The van der Waals surface area contributed by atoms with Gasteiger partial charge in [-0.15, -0.1) is 0 Å². The second-order valence-electron chi connectivity index (χ2n) is 4.95. The summed E-state index contributed by atoms with van der Waals surface area (Å²) in [5, 5.41) is 3.56. The zero-order valence-electron chi connectivity index (χ0n) is 8.45. The van der Waals surface area contributed by atoms with E-state index in [2.05, 4.69) is 19.3 Å². The number of rotatable bonds is 2. The summed E-state index contributed by atoms with van der Waals surface area (Å²) in [6.07, 6.45) is 10.1. The van der Waals surface area contributed by atoms with Crippen LogP contribution in [0.2, 0.25) is 0 Å². The van der Waals surface area contributed by atoms with Crippen molar-refractivity contribution in [3.63, 3.8) is 0 Å². The van der Waals surface area contributed by atoms with E-state index in [1.165, 1.54) is 44.9 Å². The van der Waals surface area contributed by atoms with Gasteiger partial charge in [-0.1, -0.05) is 26.2 Å². The zero-order chi connectivity index (χ0) is 8.66. The lowest BCUT2D eigenvalue weighted by atomic mass is 9.69. The van der Waals surface area contributed by atoms with Crippen LogP contribution in [-0.4, -0.2) is 12.6 Å². The quantitative estimate of drug-likeness (QED) is 0.667. The monoisotopic (exact) mass is 167 g/mol. The zero-order valence-corrected chi connectivity index (χ0v) is 8.45. The molecule has 0 amide bonds. The van der Waals surface area contributed by atoms with Crippen molar-refractivity contribution in [1.29, 1.82) is 0 Å². The van der Waals surface area contributed by atoms with E-state index in [1.54, 1.807) is 0 Å². The van der Waals surface area contributed by atoms with Gasteiger partial charge >= 0.3 is 0 Å². The molecule has 0 aromatic heterocycles. The average Bonchev–Trinajstić information content (AvgIpc) is 2.86. The molecule has 0 aromatic rings. The molecular weight excluding hydrogens is 146 g/mol. The van der Waals surface area contributed by atoms with Gasteiger partial charge in [0.25, 0.3) is 0 Å². The molecule has 0 radical (unpaired) electrons. The van der Waals surface area contributed by atoms with Gasteiger partial charge in [-0.3, -0.25) is 0 Å². The molecular formula is C11H21N. The minimum atomic E-state index is 0.549. The normalized spacial score (nSPS) is 31.5. The first-order valence-electron chi connectivity index (χ1n) is 5.41. The molecule has 0 bridgehead atoms. The van der Waals surface area contributed by atoms with Crippen LogP contribution in [0.4, 0.5) is 0 Å². The molecule has 2 rings (SSSR count). The van der Waals surface area contributed by atoms with Crippen molar-refractivity contribution in [1.82, 2.24) is 5.32 Å². The van der Waals surface area contributed by atoms with Crippen LogP contribution in [-0.2, 0) is 0 Å². The molecule has 1 heteroatoms. The largest absolute Gasteiger partial charge is 0.314 e. The van der Waals surface area contributed by atoms with E-state index >= 15 is 0 Å². The SMILES string of the molecule is CNC1(C2(C)CCCCC2)CC1. The minimum absolute atomic E-state index is 0.549. The summed E-state index contributed by atoms with van der Waals surface area (Å²) < 4.78 is 0. The molecule has 0 aliphatic heterocycles. The van der Waals surface area contributed by atoms with Crippen LogP contribution < -0.4 is 5.32 Å². The summed E-state index contributed by atoms with van der Waals surface area (Å²) in [7, 11) is 2.15. The molecule has 0 aromatic carbocycles. The van der Waals surface area contributed by atoms with Gasteiger partial charge in [0.1, 0.15) is 0 Å². The standard InChI is InChI=1S/C11H21N/c1-10(6-4-3-5-7-10)11(12-2)8-9-11/h12H,3-9H2,1-2H3. The Hall–Kier alpha value is -0.0400. The fourth-order valence-corrected chi connectivity index (χ4v) is 3.09. The topological polar surface area (TPSA) is 12.0 Å². The lowest BCUT2D eigenvalue weighted by molar-refractivity contribution is 0.134. The van der Waals surface area contributed by atoms with E-state index in [1.807, 2.05) is 0 Å². The molecule has 2 fully saturated rings. The molecule has 0 saturated heterocycles. The van der Waals surface area contributed by atoms with Crippen molar-refractivity contribution in [2.45, 2.75) is 57.4 Å². The Balaban J connectivity index is 2.08. The van der Waals surface area contributed by atoms with Crippen molar-refractivity contribution in [2.75, 3.05) is 7.05 Å². The van der Waals surface area contributed by atoms with Crippen LogP contribution >= 0.6 is 0 Å². The lowest BCUT2D eigenvalue weighted by Gasteiger charge is -2.41. The highest BCUT2D eigenvalue weighted by atomic mass is 15.0. The molecule has 0 atom stereocenters. The molecule has 12 heavy (non-hydrogen) atoms. The van der Waals surface area contributed by atoms with Crippen molar-refractivity contribution in [3.05, 3.63) is 0 Å². The van der Waals surface area contributed by atoms with Crippen LogP contribution in [0.5, 0.6) is 0 Å². The van der Waals surface area contributed by atoms with Crippen LogP contribution in [0.15, 0.2) is 0 Å². The molecule has 1 nitrogen and oxygen atoms in total. The smallest absolute Gasteiger partial charge is 0.0233 e. The molecule has 1 N–H and O–H groups in total. The molecule has 70 valence electrons. The third-order valence-electron chi connectivity index (χ3n) is 4.34. The van der Waals surface area contributed by atoms with Gasteiger partial charge < -0.3 is 5.32 Å². The predicted molar refractivity (Wildman–Crippen MR) is 52.2 cm³/mol. The first-order chi connectivity index (χ1) is 5.72. The third-order valence-corrected chi connectivity index (χ3v) is 4.34. The fraction of sp³-hybridized carbons (Fsp3) is 1.00. The van der Waals surface area contributed by atoms with Gasteiger partial charge in [0, 0.05) is 5.54 Å². The summed E-state index contributed by atoms with van der Waals surface area (Å²) in [6.45, 7) is 2.50. The Morgan fingerprint density at radius 1 is 0.917 bits per heavy atom. The van der Waals surface area contributed by atoms with Crippen molar-refractivity contribution < 1.29 is 0 Å². The van der Waals surface area contributed by atoms with E-state index < -0.39 is 0 Å². The van der Waals surface area contributed by atoms with E-state index in [4.69, 9.17) is 0 Å². The summed E-state index contributed by atoms with van der Waals surface area (Å²) in [5.74, 6) is 0. The number of hydrogen-bond acceptors (Lipinski definition) is 1. The van der Waals surface area contributed by atoms with Gasteiger partial charge in [0.2, 0.25) is 0 Å². The average molecular weight is 167 g/mol. The molecule has 2 aliphatic rings. The Labute approximate surface area is 75.9 Å². The maximum Gasteiger partial charge on any atom is 0.0233 e. The maximum absolute atomic E-state index is 3.56. The maximum atomic E-state index is 3.56. The van der Waals surface area contributed by atoms with Crippen molar-refractivity contribution >= 4 is 0 Å². The predicted octanol–water partition coefficient (Wildman–Crippen LogP) is 2.71. The minimum Gasteiger partial charge on any atom is -0.314 e. The van der Waals surface area contributed by atoms with Gasteiger partial charge in [-0.2, -0.15) is 0 Å². The molecule has 0 heterocycles. The Morgan fingerprint density at radius 2 is 1.50 bits per heavy atom. The van der Waals surface area contributed by atoms with Crippen molar-refractivity contribution in [2.24, 2.45) is 5.41 Å². The summed E-state index contributed by atoms with van der Waals surface area (Å²) in [6, 6.07) is 0. The van der Waals surface area contributed by atoms with Crippen LogP contribution in [0, 0.1) is 5.41 Å². The molecule has 0 spiro atoms. The van der Waals surface area contributed by atoms with Crippen LogP contribution in [0.1, 0.15) is 51.9 Å². The van der Waals surface area contributed by atoms with Gasteiger partial charge in [-0.25, -0.2) is 0 Å². The second kappa shape index (κ2) is 2.73. The van der Waals surface area contributed by atoms with Gasteiger partial charge in [0.15, 0.2) is 0 Å². The summed E-state index contributed by atoms with van der Waals surface area (Å²) >= 11 is 0. The van der Waals surface area contributed by atoms with E-state index in [9.17, 15) is 0 Å². The Kier molecular flexibility index (Phi) is 1.95. The van der Waals surface area contributed by atoms with E-state index in [-0.39, 0.29) is 0 Å². The highest BCUT2D eigenvalue weighted by Gasteiger charge is 2.55. The third kappa shape index (κ3) is 1.10. The highest BCUT2D eigenvalue weighted by Crippen LogP contribution is 2.56. The molecule has 0 unspecified atom stereocenters. The van der Waals surface area contributed by atoms with Crippen molar-refractivity contribution in [3.8, 4) is 0 Å². The van der Waals surface area contributed by atoms with Gasteiger partial charge in [0.05, 0.1) is 0 Å².